The molecule has 0 atom stereocenters. The van der Waals surface area contributed by atoms with Crippen LogP contribution in [0.2, 0.25) is 5.02 Å². The van der Waals surface area contributed by atoms with Crippen molar-refractivity contribution in [2.24, 2.45) is 5.73 Å². The van der Waals surface area contributed by atoms with Crippen molar-refractivity contribution in [2.45, 2.75) is 32.4 Å². The Hall–Kier alpha value is -2.77. The number of hydrogen-bond donors (Lipinski definition) is 2. The van der Waals surface area contributed by atoms with Crippen LogP contribution in [0.4, 0.5) is 13.2 Å². The van der Waals surface area contributed by atoms with Crippen LogP contribution in [-0.4, -0.2) is 23.6 Å². The summed E-state index contributed by atoms with van der Waals surface area (Å²) < 4.78 is 46.9. The number of pyridine rings is 1. The third-order valence-electron chi connectivity index (χ3n) is 5.61. The number of fused-ring (bicyclic) bond motifs is 2. The maximum Gasteiger partial charge on any atom is 0.418 e. The average Bonchev–Trinajstić information content (AvgIpc) is 3.09. The lowest BCUT2D eigenvalue weighted by atomic mass is 9.97. The summed E-state index contributed by atoms with van der Waals surface area (Å²) in [5.41, 5.74) is 8.56. The van der Waals surface area contributed by atoms with E-state index in [1.165, 1.54) is 0 Å². The fourth-order valence-corrected chi connectivity index (χ4v) is 4.36. The van der Waals surface area contributed by atoms with E-state index < -0.39 is 11.7 Å². The number of halogens is 4. The number of H-pyrrole nitrogens is 1. The monoisotopic (exact) mass is 461 g/mol. The van der Waals surface area contributed by atoms with Crippen molar-refractivity contribution in [3.8, 4) is 17.0 Å². The highest BCUT2D eigenvalue weighted by Crippen LogP contribution is 2.43. The third kappa shape index (κ3) is 4.02. The van der Waals surface area contributed by atoms with E-state index in [9.17, 15) is 13.2 Å². The van der Waals surface area contributed by atoms with Gasteiger partial charge in [0, 0.05) is 27.1 Å². The molecule has 4 rings (SSSR count). The number of benzene rings is 2. The van der Waals surface area contributed by atoms with Gasteiger partial charge in [-0.25, -0.2) is 4.98 Å². The van der Waals surface area contributed by atoms with E-state index in [0.29, 0.717) is 35.3 Å². The molecule has 0 spiro atoms. The molecule has 2 heterocycles. The first kappa shape index (κ1) is 22.4. The SMILES string of the molecule is COc1ccc(-c2[nH]c3c(C(F)(F)F)cc(Cl)cc3c2CCCCN)c2ccc(C)nc12. The van der Waals surface area contributed by atoms with E-state index in [-0.39, 0.29) is 10.5 Å². The highest BCUT2D eigenvalue weighted by Gasteiger charge is 2.35. The normalized spacial score (nSPS) is 12.1. The fourth-order valence-electron chi connectivity index (χ4n) is 4.15. The second kappa shape index (κ2) is 8.64. The van der Waals surface area contributed by atoms with Gasteiger partial charge in [0.25, 0.3) is 0 Å². The predicted octanol–water partition coefficient (Wildman–Crippen LogP) is 6.65. The molecule has 2 aromatic heterocycles. The Morgan fingerprint density at radius 2 is 1.88 bits per heavy atom. The zero-order valence-electron chi connectivity index (χ0n) is 17.7. The van der Waals surface area contributed by atoms with Gasteiger partial charge in [0.1, 0.15) is 11.3 Å². The third-order valence-corrected chi connectivity index (χ3v) is 5.83. The number of hydrogen-bond acceptors (Lipinski definition) is 3. The van der Waals surface area contributed by atoms with Crippen molar-refractivity contribution in [1.29, 1.82) is 0 Å². The van der Waals surface area contributed by atoms with Crippen LogP contribution in [-0.2, 0) is 12.6 Å². The number of nitrogens with two attached hydrogens (primary N) is 1. The summed E-state index contributed by atoms with van der Waals surface area (Å²) in [7, 11) is 1.57. The number of nitrogens with zero attached hydrogens (tertiary/aromatic N) is 1. The van der Waals surface area contributed by atoms with E-state index in [2.05, 4.69) is 9.97 Å². The predicted molar refractivity (Wildman–Crippen MR) is 122 cm³/mol. The molecule has 0 fully saturated rings. The standard InChI is InChI=1S/C24H23ClF3N3O/c1-13-6-7-17-16(8-9-20(32-2)23(17)30-13)21-15(5-3-4-10-29)18-11-14(25)12-19(22(18)31-21)24(26,27)28/h6-9,11-12,31H,3-5,10,29H2,1-2H3. The molecular weight excluding hydrogens is 439 g/mol. The minimum atomic E-state index is -4.54. The Bertz CT molecular complexity index is 1300. The molecule has 168 valence electrons. The van der Waals surface area contributed by atoms with Crippen LogP contribution in [0.5, 0.6) is 5.75 Å². The number of methoxy groups -OCH3 is 1. The first-order chi connectivity index (χ1) is 15.2. The molecule has 2 aromatic carbocycles. The molecule has 0 saturated heterocycles. The molecule has 0 aliphatic carbocycles. The zero-order valence-corrected chi connectivity index (χ0v) is 18.5. The van der Waals surface area contributed by atoms with E-state index in [0.717, 1.165) is 41.1 Å². The number of aryl methyl sites for hydroxylation is 2. The van der Waals surface area contributed by atoms with Crippen molar-refractivity contribution in [3.63, 3.8) is 0 Å². The Balaban J connectivity index is 2.05. The van der Waals surface area contributed by atoms with Gasteiger partial charge in [-0.05, 0) is 68.6 Å². The Morgan fingerprint density at radius 3 is 2.56 bits per heavy atom. The fraction of sp³-hybridized carbons (Fsp3) is 0.292. The summed E-state index contributed by atoms with van der Waals surface area (Å²) in [6.45, 7) is 2.39. The molecule has 3 N–H and O–H groups in total. The van der Waals surface area contributed by atoms with Crippen molar-refractivity contribution < 1.29 is 17.9 Å². The topological polar surface area (TPSA) is 63.9 Å². The molecule has 0 amide bonds. The van der Waals surface area contributed by atoms with Gasteiger partial charge in [0.15, 0.2) is 0 Å². The molecule has 32 heavy (non-hydrogen) atoms. The summed E-state index contributed by atoms with van der Waals surface area (Å²) in [5.74, 6) is 0.604. The van der Waals surface area contributed by atoms with Crippen molar-refractivity contribution in [2.75, 3.05) is 13.7 Å². The van der Waals surface area contributed by atoms with Gasteiger partial charge in [-0.3, -0.25) is 0 Å². The maximum absolute atomic E-state index is 13.8. The molecule has 0 saturated carbocycles. The first-order valence-electron chi connectivity index (χ1n) is 10.3. The van der Waals surface area contributed by atoms with Crippen molar-refractivity contribution in [3.05, 3.63) is 58.2 Å². The lowest BCUT2D eigenvalue weighted by Crippen LogP contribution is -2.05. The number of ether oxygens (including phenoxy) is 1. The van der Waals surface area contributed by atoms with Crippen LogP contribution in [0.3, 0.4) is 0 Å². The summed E-state index contributed by atoms with van der Waals surface area (Å²) in [6.07, 6.45) is -2.46. The van der Waals surface area contributed by atoms with Gasteiger partial charge in [-0.15, -0.1) is 0 Å². The lowest BCUT2D eigenvalue weighted by Gasteiger charge is -2.12. The second-order valence-electron chi connectivity index (χ2n) is 7.76. The number of aromatic nitrogens is 2. The molecule has 4 nitrogen and oxygen atoms in total. The highest BCUT2D eigenvalue weighted by molar-refractivity contribution is 6.31. The van der Waals surface area contributed by atoms with Crippen LogP contribution in [0.25, 0.3) is 33.1 Å². The number of alkyl halides is 3. The van der Waals surface area contributed by atoms with Crippen LogP contribution in [0.15, 0.2) is 36.4 Å². The first-order valence-corrected chi connectivity index (χ1v) is 10.7. The summed E-state index contributed by atoms with van der Waals surface area (Å²) in [5, 5.41) is 1.31. The van der Waals surface area contributed by atoms with E-state index in [1.807, 2.05) is 25.1 Å². The Kier molecular flexibility index (Phi) is 6.05. The van der Waals surface area contributed by atoms with Crippen molar-refractivity contribution in [1.82, 2.24) is 9.97 Å². The van der Waals surface area contributed by atoms with Gasteiger partial charge >= 0.3 is 6.18 Å². The van der Waals surface area contributed by atoms with E-state index in [1.54, 1.807) is 19.2 Å². The molecular formula is C24H23ClF3N3O. The van der Waals surface area contributed by atoms with E-state index in [4.69, 9.17) is 22.1 Å². The van der Waals surface area contributed by atoms with Crippen molar-refractivity contribution >= 4 is 33.4 Å². The average molecular weight is 462 g/mol. The number of nitrogens with one attached hydrogen (secondary N) is 1. The Morgan fingerprint density at radius 1 is 1.09 bits per heavy atom. The summed E-state index contributed by atoms with van der Waals surface area (Å²) >= 11 is 6.11. The van der Waals surface area contributed by atoms with Gasteiger partial charge in [-0.2, -0.15) is 13.2 Å². The molecule has 0 aliphatic rings. The Labute approximate surface area is 188 Å². The van der Waals surface area contributed by atoms with Crippen LogP contribution < -0.4 is 10.5 Å². The van der Waals surface area contributed by atoms with Crippen LogP contribution in [0, 0.1) is 6.92 Å². The van der Waals surface area contributed by atoms with Gasteiger partial charge in [0.2, 0.25) is 0 Å². The molecule has 4 aromatic rings. The zero-order chi connectivity index (χ0) is 23.0. The largest absolute Gasteiger partial charge is 0.494 e. The van der Waals surface area contributed by atoms with Gasteiger partial charge in [0.05, 0.1) is 23.9 Å². The minimum absolute atomic E-state index is 0.0312. The van der Waals surface area contributed by atoms with Gasteiger partial charge in [-0.1, -0.05) is 17.7 Å². The highest BCUT2D eigenvalue weighted by atomic mass is 35.5. The molecule has 0 aliphatic heterocycles. The van der Waals surface area contributed by atoms with E-state index >= 15 is 0 Å². The number of unbranched alkanes of at least 4 members (excludes halogenated alkanes) is 1. The summed E-state index contributed by atoms with van der Waals surface area (Å²) in [6, 6.07) is 9.99. The number of rotatable bonds is 6. The molecule has 8 heteroatoms. The molecule has 0 bridgehead atoms. The number of aromatic amines is 1. The van der Waals surface area contributed by atoms with Gasteiger partial charge < -0.3 is 15.5 Å². The smallest absolute Gasteiger partial charge is 0.418 e. The molecule has 0 unspecified atom stereocenters. The van der Waals surface area contributed by atoms with Crippen LogP contribution >= 0.6 is 11.6 Å². The minimum Gasteiger partial charge on any atom is -0.494 e. The van der Waals surface area contributed by atoms with Crippen LogP contribution in [0.1, 0.15) is 29.7 Å². The maximum atomic E-state index is 13.8. The lowest BCUT2D eigenvalue weighted by molar-refractivity contribution is -0.136. The summed E-state index contributed by atoms with van der Waals surface area (Å²) in [4.78, 5) is 7.68. The quantitative estimate of drug-likeness (QED) is 0.316. The molecule has 0 radical (unpaired) electrons. The second-order valence-corrected chi connectivity index (χ2v) is 8.20.